The van der Waals surface area contributed by atoms with Gasteiger partial charge in [0.2, 0.25) is 16.0 Å². The SMILES string of the molecule is CC(=O)c1ccc(S(=O)(=O)N(C)CC(=O)OC(C)C(=O)N2CCN(c3ncccn3)CC2)cc1. The van der Waals surface area contributed by atoms with E-state index in [1.807, 2.05) is 4.90 Å². The maximum Gasteiger partial charge on any atom is 0.322 e. The Morgan fingerprint density at radius 1 is 1.06 bits per heavy atom. The van der Waals surface area contributed by atoms with Crippen LogP contribution >= 0.6 is 0 Å². The molecule has 1 amide bonds. The molecule has 1 saturated heterocycles. The minimum absolute atomic E-state index is 0.0582. The number of carbonyl (C=O) groups is 3. The molecule has 1 aliphatic rings. The van der Waals surface area contributed by atoms with Gasteiger partial charge < -0.3 is 14.5 Å². The maximum atomic E-state index is 12.7. The van der Waals surface area contributed by atoms with Gasteiger partial charge in [-0.15, -0.1) is 0 Å². The highest BCUT2D eigenvalue weighted by Gasteiger charge is 2.29. The molecule has 0 saturated carbocycles. The molecular formula is C22H27N5O6S. The van der Waals surface area contributed by atoms with E-state index >= 15 is 0 Å². The number of ether oxygens (including phenoxy) is 1. The Bertz CT molecular complexity index is 1130. The van der Waals surface area contributed by atoms with E-state index < -0.39 is 28.6 Å². The van der Waals surface area contributed by atoms with Crippen LogP contribution in [0.3, 0.4) is 0 Å². The molecule has 2 aromatic rings. The van der Waals surface area contributed by atoms with Crippen LogP contribution in [0.2, 0.25) is 0 Å². The number of anilines is 1. The predicted molar refractivity (Wildman–Crippen MR) is 123 cm³/mol. The van der Waals surface area contributed by atoms with E-state index in [0.717, 1.165) is 4.31 Å². The van der Waals surface area contributed by atoms with Crippen molar-refractivity contribution in [2.75, 3.05) is 44.7 Å². The third-order valence-electron chi connectivity index (χ3n) is 5.40. The van der Waals surface area contributed by atoms with Crippen molar-refractivity contribution in [3.63, 3.8) is 0 Å². The summed E-state index contributed by atoms with van der Waals surface area (Å²) in [5, 5.41) is 0. The van der Waals surface area contributed by atoms with Crippen LogP contribution in [0.25, 0.3) is 0 Å². The van der Waals surface area contributed by atoms with Crippen LogP contribution in [-0.4, -0.2) is 91.1 Å². The van der Waals surface area contributed by atoms with Crippen molar-refractivity contribution in [3.8, 4) is 0 Å². The summed E-state index contributed by atoms with van der Waals surface area (Å²) in [7, 11) is -2.73. The van der Waals surface area contributed by atoms with Crippen LogP contribution in [0.4, 0.5) is 5.95 Å². The molecule has 0 aliphatic carbocycles. The number of esters is 1. The first kappa shape index (κ1) is 25.2. The number of nitrogens with zero attached hydrogens (tertiary/aromatic N) is 5. The van der Waals surface area contributed by atoms with Gasteiger partial charge in [0.15, 0.2) is 11.9 Å². The van der Waals surface area contributed by atoms with Crippen molar-refractivity contribution in [2.45, 2.75) is 24.8 Å². The van der Waals surface area contributed by atoms with Crippen molar-refractivity contribution in [2.24, 2.45) is 0 Å². The zero-order chi connectivity index (χ0) is 24.9. The Kier molecular flexibility index (Phi) is 7.94. The van der Waals surface area contributed by atoms with Gasteiger partial charge in [0, 0.05) is 51.2 Å². The number of hydrogen-bond donors (Lipinski definition) is 0. The second-order valence-corrected chi connectivity index (χ2v) is 9.88. The number of ketones is 1. The number of aromatic nitrogens is 2. The summed E-state index contributed by atoms with van der Waals surface area (Å²) in [6.07, 6.45) is 2.25. The lowest BCUT2D eigenvalue weighted by molar-refractivity contribution is -0.159. The van der Waals surface area contributed by atoms with E-state index in [1.165, 1.54) is 45.2 Å². The summed E-state index contributed by atoms with van der Waals surface area (Å²) in [6, 6.07) is 7.16. The quantitative estimate of drug-likeness (QED) is 0.386. The molecule has 3 rings (SSSR count). The van der Waals surface area contributed by atoms with Gasteiger partial charge in [-0.2, -0.15) is 4.31 Å². The van der Waals surface area contributed by atoms with Gasteiger partial charge in [0.1, 0.15) is 6.54 Å². The first-order chi connectivity index (χ1) is 16.1. The van der Waals surface area contributed by atoms with E-state index in [0.29, 0.717) is 37.7 Å². The van der Waals surface area contributed by atoms with Gasteiger partial charge in [-0.3, -0.25) is 14.4 Å². The number of Topliss-reactive ketones (excluding diaryl/α,β-unsaturated/α-hetero) is 1. The number of likely N-dealkylation sites (N-methyl/N-ethyl adjacent to an activating group) is 1. The van der Waals surface area contributed by atoms with Crippen LogP contribution in [0.15, 0.2) is 47.6 Å². The van der Waals surface area contributed by atoms with E-state index in [1.54, 1.807) is 23.4 Å². The summed E-state index contributed by atoms with van der Waals surface area (Å²) in [4.78, 5) is 48.3. The monoisotopic (exact) mass is 489 g/mol. The standard InChI is InChI=1S/C22H27N5O6S/c1-16(28)18-5-7-19(8-6-18)34(31,32)25(3)15-20(29)33-17(2)21(30)26-11-13-27(14-12-26)22-23-9-4-10-24-22/h4-10,17H,11-15H2,1-3H3. The van der Waals surface area contributed by atoms with Crippen molar-refractivity contribution in [1.29, 1.82) is 0 Å². The number of rotatable bonds is 8. The first-order valence-electron chi connectivity index (χ1n) is 10.7. The van der Waals surface area contributed by atoms with Crippen LogP contribution in [0, 0.1) is 0 Å². The molecular weight excluding hydrogens is 462 g/mol. The smallest absolute Gasteiger partial charge is 0.322 e. The highest BCUT2D eigenvalue weighted by molar-refractivity contribution is 7.89. The van der Waals surface area contributed by atoms with Gasteiger partial charge in [0.25, 0.3) is 5.91 Å². The van der Waals surface area contributed by atoms with E-state index in [-0.39, 0.29) is 16.6 Å². The van der Waals surface area contributed by atoms with Crippen molar-refractivity contribution in [1.82, 2.24) is 19.2 Å². The second-order valence-electron chi connectivity index (χ2n) is 7.83. The van der Waals surface area contributed by atoms with Gasteiger partial charge >= 0.3 is 5.97 Å². The summed E-state index contributed by atoms with van der Waals surface area (Å²) >= 11 is 0. The van der Waals surface area contributed by atoms with E-state index in [4.69, 9.17) is 4.74 Å². The fraction of sp³-hybridized carbons (Fsp3) is 0.409. The summed E-state index contributed by atoms with van der Waals surface area (Å²) in [5.74, 6) is -0.792. The molecule has 1 unspecified atom stereocenters. The molecule has 1 fully saturated rings. The van der Waals surface area contributed by atoms with Gasteiger partial charge in [-0.25, -0.2) is 18.4 Å². The third-order valence-corrected chi connectivity index (χ3v) is 7.22. The molecule has 1 aromatic carbocycles. The second kappa shape index (κ2) is 10.7. The molecule has 11 nitrogen and oxygen atoms in total. The largest absolute Gasteiger partial charge is 0.452 e. The molecule has 2 heterocycles. The van der Waals surface area contributed by atoms with Crippen molar-refractivity contribution in [3.05, 3.63) is 48.3 Å². The van der Waals surface area contributed by atoms with E-state index in [2.05, 4.69) is 9.97 Å². The minimum atomic E-state index is -3.98. The fourth-order valence-electron chi connectivity index (χ4n) is 3.43. The minimum Gasteiger partial charge on any atom is -0.452 e. The average Bonchev–Trinajstić information content (AvgIpc) is 2.84. The normalized spacial score (nSPS) is 15.2. The van der Waals surface area contributed by atoms with Gasteiger partial charge in [-0.1, -0.05) is 12.1 Å². The molecule has 34 heavy (non-hydrogen) atoms. The Hall–Kier alpha value is -3.38. The Morgan fingerprint density at radius 3 is 2.21 bits per heavy atom. The van der Waals surface area contributed by atoms with Crippen LogP contribution in [0.5, 0.6) is 0 Å². The topological polar surface area (TPSA) is 130 Å². The Morgan fingerprint density at radius 2 is 1.65 bits per heavy atom. The zero-order valence-electron chi connectivity index (χ0n) is 19.2. The molecule has 0 N–H and O–H groups in total. The molecule has 0 bridgehead atoms. The average molecular weight is 490 g/mol. The zero-order valence-corrected chi connectivity index (χ0v) is 20.1. The number of amides is 1. The lowest BCUT2D eigenvalue weighted by Gasteiger charge is -2.35. The molecule has 1 aromatic heterocycles. The number of sulfonamides is 1. The third kappa shape index (κ3) is 5.94. The Labute approximate surface area is 198 Å². The molecule has 0 radical (unpaired) electrons. The van der Waals surface area contributed by atoms with Crippen molar-refractivity contribution < 1.29 is 27.5 Å². The number of carbonyl (C=O) groups excluding carboxylic acids is 3. The summed E-state index contributed by atoms with van der Waals surface area (Å²) < 4.78 is 31.5. The number of benzene rings is 1. The first-order valence-corrected chi connectivity index (χ1v) is 12.1. The van der Waals surface area contributed by atoms with Crippen molar-refractivity contribution >= 4 is 33.6 Å². The fourth-order valence-corrected chi connectivity index (χ4v) is 4.55. The highest BCUT2D eigenvalue weighted by atomic mass is 32.2. The van der Waals surface area contributed by atoms with Crippen LogP contribution < -0.4 is 4.90 Å². The number of hydrogen-bond acceptors (Lipinski definition) is 9. The van der Waals surface area contributed by atoms with E-state index in [9.17, 15) is 22.8 Å². The molecule has 182 valence electrons. The molecule has 1 atom stereocenters. The predicted octanol–water partition coefficient (Wildman–Crippen LogP) is 0.580. The lowest BCUT2D eigenvalue weighted by atomic mass is 10.2. The Balaban J connectivity index is 1.51. The van der Waals surface area contributed by atoms with Crippen LogP contribution in [0.1, 0.15) is 24.2 Å². The summed E-state index contributed by atoms with van der Waals surface area (Å²) in [5.41, 5.74) is 0.380. The number of piperazine rings is 1. The van der Waals surface area contributed by atoms with Gasteiger partial charge in [-0.05, 0) is 32.0 Å². The van der Waals surface area contributed by atoms with Crippen LogP contribution in [-0.2, 0) is 24.3 Å². The van der Waals surface area contributed by atoms with Gasteiger partial charge in [0.05, 0.1) is 4.90 Å². The maximum absolute atomic E-state index is 12.7. The molecule has 1 aliphatic heterocycles. The molecule has 0 spiro atoms. The molecule has 12 heteroatoms. The summed E-state index contributed by atoms with van der Waals surface area (Å²) in [6.45, 7) is 4.20. The lowest BCUT2D eigenvalue weighted by Crippen LogP contribution is -2.52. The highest BCUT2D eigenvalue weighted by Crippen LogP contribution is 2.16.